The van der Waals surface area contributed by atoms with Gasteiger partial charge in [-0.3, -0.25) is 19.4 Å². The molecule has 0 fully saturated rings. The Morgan fingerprint density at radius 3 is 2.43 bits per heavy atom. The van der Waals surface area contributed by atoms with Gasteiger partial charge in [0.05, 0.1) is 28.1 Å². The summed E-state index contributed by atoms with van der Waals surface area (Å²) in [5, 5.41) is 13.1. The number of aromatic nitrogens is 1. The molecule has 4 rings (SSSR count). The molecule has 1 aromatic heterocycles. The average Bonchev–Trinajstić information content (AvgIpc) is 3.21. The van der Waals surface area contributed by atoms with Crippen molar-refractivity contribution in [1.82, 2.24) is 14.8 Å². The fraction of sp³-hybridized carbons (Fsp3) is 0.387. The van der Waals surface area contributed by atoms with Gasteiger partial charge < -0.3 is 15.1 Å². The molecule has 42 heavy (non-hydrogen) atoms. The Hall–Kier alpha value is -4.46. The number of para-hydroxylation sites is 2. The maximum atomic E-state index is 13.9. The molecule has 0 saturated carbocycles. The van der Waals surface area contributed by atoms with Crippen LogP contribution in [0.15, 0.2) is 54.7 Å². The lowest BCUT2D eigenvalue weighted by Crippen LogP contribution is -2.52. The van der Waals surface area contributed by atoms with E-state index in [9.17, 15) is 32.8 Å². The van der Waals surface area contributed by atoms with E-state index >= 15 is 0 Å². The molecule has 0 spiro atoms. The van der Waals surface area contributed by atoms with E-state index in [-0.39, 0.29) is 41.1 Å². The largest absolute Gasteiger partial charge is 0.418 e. The van der Waals surface area contributed by atoms with Crippen molar-refractivity contribution in [3.8, 4) is 6.07 Å². The van der Waals surface area contributed by atoms with E-state index in [1.54, 1.807) is 25.1 Å². The van der Waals surface area contributed by atoms with Crippen LogP contribution in [0.3, 0.4) is 0 Å². The number of anilines is 1. The molecule has 0 unspecified atom stereocenters. The maximum absolute atomic E-state index is 13.9. The highest BCUT2D eigenvalue weighted by molar-refractivity contribution is 6.06. The number of carbonyl (C=O) groups is 3. The molecular formula is C31H32F3N5O3. The predicted octanol–water partition coefficient (Wildman–Crippen LogP) is 5.39. The summed E-state index contributed by atoms with van der Waals surface area (Å²) >= 11 is 0. The van der Waals surface area contributed by atoms with Gasteiger partial charge in [-0.25, -0.2) is 0 Å². The molecule has 1 aliphatic rings. The van der Waals surface area contributed by atoms with E-state index < -0.39 is 41.1 Å². The van der Waals surface area contributed by atoms with Gasteiger partial charge in [0, 0.05) is 31.4 Å². The molecular weight excluding hydrogens is 547 g/mol. The van der Waals surface area contributed by atoms with Crippen LogP contribution in [0.1, 0.15) is 55.1 Å². The normalized spacial score (nSPS) is 17.8. The maximum Gasteiger partial charge on any atom is 0.418 e. The fourth-order valence-electron chi connectivity index (χ4n) is 5.43. The van der Waals surface area contributed by atoms with E-state index in [2.05, 4.69) is 16.4 Å². The topological polar surface area (TPSA) is 106 Å². The average molecular weight is 580 g/mol. The van der Waals surface area contributed by atoms with Crippen molar-refractivity contribution in [2.45, 2.75) is 57.3 Å². The number of hydrogen-bond donors (Lipinski definition) is 1. The zero-order chi connectivity index (χ0) is 31.0. The molecule has 11 heteroatoms. The number of benzene rings is 2. The van der Waals surface area contributed by atoms with Crippen LogP contribution in [0.4, 0.5) is 18.9 Å². The van der Waals surface area contributed by atoms with Crippen LogP contribution >= 0.6 is 0 Å². The van der Waals surface area contributed by atoms with Crippen molar-refractivity contribution < 1.29 is 27.6 Å². The molecule has 0 saturated heterocycles. The second-order valence-corrected chi connectivity index (χ2v) is 11.3. The number of nitrogens with zero attached hydrogens (tertiary/aromatic N) is 4. The first-order valence-corrected chi connectivity index (χ1v) is 13.5. The Bertz CT molecular complexity index is 1580. The summed E-state index contributed by atoms with van der Waals surface area (Å²) < 4.78 is 40.3. The number of alkyl halides is 3. The number of fused-ring (bicyclic) bond motifs is 2. The number of rotatable bonds is 8. The van der Waals surface area contributed by atoms with Crippen LogP contribution in [-0.2, 0) is 21.2 Å². The predicted molar refractivity (Wildman–Crippen MR) is 151 cm³/mol. The number of amides is 3. The summed E-state index contributed by atoms with van der Waals surface area (Å²) in [6.45, 7) is 5.50. The van der Waals surface area contributed by atoms with Crippen LogP contribution < -0.4 is 5.32 Å². The summed E-state index contributed by atoms with van der Waals surface area (Å²) in [4.78, 5) is 46.8. The van der Waals surface area contributed by atoms with Crippen molar-refractivity contribution in [1.29, 1.82) is 5.26 Å². The van der Waals surface area contributed by atoms with Crippen LogP contribution in [0, 0.1) is 17.2 Å². The van der Waals surface area contributed by atoms with Gasteiger partial charge in [-0.2, -0.15) is 18.4 Å². The summed E-state index contributed by atoms with van der Waals surface area (Å²) in [5.74, 6) is -1.38. The number of halogens is 3. The van der Waals surface area contributed by atoms with E-state index in [1.165, 1.54) is 42.1 Å². The van der Waals surface area contributed by atoms with Gasteiger partial charge in [0.15, 0.2) is 0 Å². The van der Waals surface area contributed by atoms with Crippen LogP contribution in [-0.4, -0.2) is 58.7 Å². The van der Waals surface area contributed by atoms with Gasteiger partial charge in [0.1, 0.15) is 12.1 Å². The standard InChI is InChI=1S/C31H32F3N5O3/c1-18(2)13-25(39(5)27(40)20-14-19-9-8-11-23(31(32,33)34)26(19)36-17-20)28(41)38(4)21(16-35)15-30(3)22-10-6-7-12-24(22)37-29(30)42/h6-12,14,17-18,21,25H,13,15H2,1-5H3,(H,37,42)/t21-,25-,30+/m0/s1. The number of pyridine rings is 1. The van der Waals surface area contributed by atoms with E-state index in [4.69, 9.17) is 0 Å². The quantitative estimate of drug-likeness (QED) is 0.385. The molecule has 2 aromatic carbocycles. The third-order valence-electron chi connectivity index (χ3n) is 7.87. The van der Waals surface area contributed by atoms with Crippen molar-refractivity contribution in [3.63, 3.8) is 0 Å². The minimum atomic E-state index is -4.61. The lowest BCUT2D eigenvalue weighted by molar-refractivity contribution is -0.137. The Labute approximate surface area is 242 Å². The molecule has 1 N–H and O–H groups in total. The molecule has 2 heterocycles. The molecule has 0 radical (unpaired) electrons. The molecule has 1 aliphatic heterocycles. The number of likely N-dealkylation sites (N-methyl/N-ethyl adjacent to an activating group) is 2. The number of hydrogen-bond acceptors (Lipinski definition) is 5. The monoisotopic (exact) mass is 579 g/mol. The lowest BCUT2D eigenvalue weighted by Gasteiger charge is -2.35. The molecule has 3 aromatic rings. The molecule has 220 valence electrons. The second-order valence-electron chi connectivity index (χ2n) is 11.3. The summed E-state index contributed by atoms with van der Waals surface area (Å²) in [7, 11) is 2.92. The first-order valence-electron chi connectivity index (χ1n) is 13.5. The van der Waals surface area contributed by atoms with Crippen molar-refractivity contribution >= 4 is 34.3 Å². The molecule has 0 aliphatic carbocycles. The Kier molecular flexibility index (Phi) is 8.30. The number of nitriles is 1. The van der Waals surface area contributed by atoms with Crippen LogP contribution in [0.5, 0.6) is 0 Å². The van der Waals surface area contributed by atoms with Crippen molar-refractivity contribution in [3.05, 3.63) is 71.4 Å². The van der Waals surface area contributed by atoms with Gasteiger partial charge in [-0.1, -0.05) is 44.2 Å². The first kappa shape index (κ1) is 30.5. The molecule has 3 atom stereocenters. The Balaban J connectivity index is 1.60. The SMILES string of the molecule is CC(C)C[C@@H](C(=O)N(C)[C@H](C#N)C[C@@]1(C)C(=O)Nc2ccccc21)N(C)C(=O)c1cnc2c(C(F)(F)F)cccc2c1. The Morgan fingerprint density at radius 2 is 1.79 bits per heavy atom. The van der Waals surface area contributed by atoms with Gasteiger partial charge in [0.25, 0.3) is 5.91 Å². The third kappa shape index (κ3) is 5.66. The van der Waals surface area contributed by atoms with Gasteiger partial charge in [-0.05, 0) is 49.4 Å². The highest BCUT2D eigenvalue weighted by Gasteiger charge is 2.46. The van der Waals surface area contributed by atoms with E-state index in [1.807, 2.05) is 19.9 Å². The second kappa shape index (κ2) is 11.4. The minimum Gasteiger partial charge on any atom is -0.330 e. The fourth-order valence-corrected chi connectivity index (χ4v) is 5.43. The van der Waals surface area contributed by atoms with Gasteiger partial charge in [-0.15, -0.1) is 0 Å². The summed E-state index contributed by atoms with van der Waals surface area (Å²) in [5.41, 5.74) is -0.813. The van der Waals surface area contributed by atoms with E-state index in [0.29, 0.717) is 5.69 Å². The summed E-state index contributed by atoms with van der Waals surface area (Å²) in [6.07, 6.45) is -3.23. The van der Waals surface area contributed by atoms with Crippen LogP contribution in [0.2, 0.25) is 0 Å². The van der Waals surface area contributed by atoms with Gasteiger partial charge in [0.2, 0.25) is 11.8 Å². The zero-order valence-electron chi connectivity index (χ0n) is 24.0. The van der Waals surface area contributed by atoms with Gasteiger partial charge >= 0.3 is 6.18 Å². The number of nitrogens with one attached hydrogen (secondary N) is 1. The Morgan fingerprint density at radius 1 is 1.10 bits per heavy atom. The molecule has 8 nitrogen and oxygen atoms in total. The third-order valence-corrected chi connectivity index (χ3v) is 7.87. The lowest BCUT2D eigenvalue weighted by atomic mass is 9.78. The first-order chi connectivity index (χ1) is 19.7. The smallest absolute Gasteiger partial charge is 0.330 e. The van der Waals surface area contributed by atoms with E-state index in [0.717, 1.165) is 17.8 Å². The molecule has 3 amide bonds. The van der Waals surface area contributed by atoms with Crippen LogP contribution in [0.25, 0.3) is 10.9 Å². The summed E-state index contributed by atoms with van der Waals surface area (Å²) in [6, 6.07) is 12.3. The highest BCUT2D eigenvalue weighted by Crippen LogP contribution is 2.41. The molecule has 0 bridgehead atoms. The van der Waals surface area contributed by atoms with Crippen molar-refractivity contribution in [2.24, 2.45) is 5.92 Å². The number of carbonyl (C=O) groups excluding carboxylic acids is 3. The van der Waals surface area contributed by atoms with Crippen molar-refractivity contribution in [2.75, 3.05) is 19.4 Å². The zero-order valence-corrected chi connectivity index (χ0v) is 24.0. The minimum absolute atomic E-state index is 0.0165. The highest BCUT2D eigenvalue weighted by atomic mass is 19.4.